The summed E-state index contributed by atoms with van der Waals surface area (Å²) in [5.74, 6) is 1.78. The van der Waals surface area contributed by atoms with Crippen LogP contribution in [0.15, 0.2) is 59.3 Å². The van der Waals surface area contributed by atoms with Crippen molar-refractivity contribution in [2.24, 2.45) is 5.10 Å². The molecular weight excluding hydrogens is 418 g/mol. The highest BCUT2D eigenvalue weighted by Gasteiger charge is 2.14. The third kappa shape index (κ3) is 4.14. The van der Waals surface area contributed by atoms with E-state index in [4.69, 9.17) is 9.47 Å². The Bertz CT molecular complexity index is 1270. The minimum atomic E-state index is -0.422. The molecule has 2 aromatic heterocycles. The molecule has 4 aromatic rings. The number of rotatable bonds is 7. The average molecular weight is 435 g/mol. The Morgan fingerprint density at radius 3 is 2.58 bits per heavy atom. The van der Waals surface area contributed by atoms with Crippen LogP contribution in [0.5, 0.6) is 11.5 Å². The SMILES string of the molecule is COc1ccc(/C=N\Nc2ncnc3scc(-c4ccc([N+](=O)[O-])cc4)c23)cc1OC. The van der Waals surface area contributed by atoms with Crippen LogP contribution in [-0.2, 0) is 0 Å². The Labute approximate surface area is 181 Å². The second-order valence-corrected chi connectivity index (χ2v) is 7.20. The molecule has 0 saturated carbocycles. The van der Waals surface area contributed by atoms with Gasteiger partial charge >= 0.3 is 0 Å². The van der Waals surface area contributed by atoms with E-state index in [9.17, 15) is 10.1 Å². The first-order valence-electron chi connectivity index (χ1n) is 9.09. The zero-order valence-corrected chi connectivity index (χ0v) is 17.4. The first-order valence-corrected chi connectivity index (χ1v) is 9.97. The lowest BCUT2D eigenvalue weighted by molar-refractivity contribution is -0.384. The Hall–Kier alpha value is -4.05. The maximum atomic E-state index is 10.9. The summed E-state index contributed by atoms with van der Waals surface area (Å²) >= 11 is 1.47. The maximum Gasteiger partial charge on any atom is 0.269 e. The molecule has 0 aliphatic rings. The number of benzene rings is 2. The molecule has 0 amide bonds. The van der Waals surface area contributed by atoms with E-state index in [0.29, 0.717) is 17.3 Å². The van der Waals surface area contributed by atoms with Crippen LogP contribution < -0.4 is 14.9 Å². The number of thiophene rings is 1. The number of nitro benzene ring substituents is 1. The Kier molecular flexibility index (Phi) is 5.72. The van der Waals surface area contributed by atoms with Gasteiger partial charge in [-0.15, -0.1) is 11.3 Å². The van der Waals surface area contributed by atoms with Crippen LogP contribution in [0.4, 0.5) is 11.5 Å². The summed E-state index contributed by atoms with van der Waals surface area (Å²) in [5, 5.41) is 18.0. The summed E-state index contributed by atoms with van der Waals surface area (Å²) in [6, 6.07) is 11.8. The number of nitro groups is 1. The lowest BCUT2D eigenvalue weighted by atomic mass is 10.1. The number of fused-ring (bicyclic) bond motifs is 1. The standard InChI is InChI=1S/C21H17N5O4S/c1-29-17-8-3-13(9-18(17)30-2)10-24-25-20-19-16(11-31-21(19)23-12-22-20)14-4-6-15(7-5-14)26(27)28/h3-12H,1-2H3,(H,22,23,25)/b24-10-. The van der Waals surface area contributed by atoms with Gasteiger partial charge in [0.15, 0.2) is 17.3 Å². The van der Waals surface area contributed by atoms with E-state index in [1.165, 1.54) is 29.8 Å². The second-order valence-electron chi connectivity index (χ2n) is 6.34. The van der Waals surface area contributed by atoms with E-state index in [1.54, 1.807) is 38.6 Å². The molecule has 156 valence electrons. The average Bonchev–Trinajstić information content (AvgIpc) is 3.24. The predicted octanol–water partition coefficient (Wildman–Crippen LogP) is 4.73. The maximum absolute atomic E-state index is 10.9. The summed E-state index contributed by atoms with van der Waals surface area (Å²) in [6.07, 6.45) is 3.11. The van der Waals surface area contributed by atoms with Crippen LogP contribution >= 0.6 is 11.3 Å². The van der Waals surface area contributed by atoms with Gasteiger partial charge in [-0.25, -0.2) is 9.97 Å². The molecule has 10 heteroatoms. The molecular formula is C21H17N5O4S. The van der Waals surface area contributed by atoms with E-state index in [-0.39, 0.29) is 5.69 Å². The largest absolute Gasteiger partial charge is 0.493 e. The van der Waals surface area contributed by atoms with E-state index < -0.39 is 4.92 Å². The number of aromatic nitrogens is 2. The molecule has 0 unspecified atom stereocenters. The fourth-order valence-corrected chi connectivity index (χ4v) is 3.95. The number of nitrogens with zero attached hydrogens (tertiary/aromatic N) is 4. The van der Waals surface area contributed by atoms with Crippen molar-refractivity contribution in [1.82, 2.24) is 9.97 Å². The molecule has 1 N–H and O–H groups in total. The molecule has 0 aliphatic heterocycles. The van der Waals surface area contributed by atoms with Crippen molar-refractivity contribution >= 4 is 39.3 Å². The first-order chi connectivity index (χ1) is 15.1. The van der Waals surface area contributed by atoms with Gasteiger partial charge in [0.05, 0.1) is 30.7 Å². The van der Waals surface area contributed by atoms with Crippen LogP contribution in [0.25, 0.3) is 21.3 Å². The van der Waals surface area contributed by atoms with Gasteiger partial charge in [0.1, 0.15) is 11.2 Å². The molecule has 2 heterocycles. The molecule has 0 bridgehead atoms. The van der Waals surface area contributed by atoms with Crippen LogP contribution in [0.3, 0.4) is 0 Å². The first kappa shape index (κ1) is 20.2. The highest BCUT2D eigenvalue weighted by Crippen LogP contribution is 2.37. The fourth-order valence-electron chi connectivity index (χ4n) is 3.04. The normalized spacial score (nSPS) is 11.0. The summed E-state index contributed by atoms with van der Waals surface area (Å²) in [7, 11) is 3.15. The van der Waals surface area contributed by atoms with Crippen molar-refractivity contribution in [3.8, 4) is 22.6 Å². The monoisotopic (exact) mass is 435 g/mol. The number of hydrazone groups is 1. The van der Waals surface area contributed by atoms with Crippen molar-refractivity contribution in [3.63, 3.8) is 0 Å². The van der Waals surface area contributed by atoms with E-state index in [0.717, 1.165) is 26.9 Å². The quantitative estimate of drug-likeness (QED) is 0.254. The Morgan fingerprint density at radius 2 is 1.87 bits per heavy atom. The molecule has 0 fully saturated rings. The minimum Gasteiger partial charge on any atom is -0.493 e. The molecule has 0 radical (unpaired) electrons. The highest BCUT2D eigenvalue weighted by atomic mass is 32.1. The van der Waals surface area contributed by atoms with Gasteiger partial charge in [-0.05, 0) is 41.5 Å². The van der Waals surface area contributed by atoms with Crippen molar-refractivity contribution in [2.45, 2.75) is 0 Å². The van der Waals surface area contributed by atoms with Crippen molar-refractivity contribution in [2.75, 3.05) is 19.6 Å². The number of methoxy groups -OCH3 is 2. The van der Waals surface area contributed by atoms with Crippen LogP contribution in [0.2, 0.25) is 0 Å². The summed E-state index contributed by atoms with van der Waals surface area (Å²) in [4.78, 5) is 19.9. The summed E-state index contributed by atoms with van der Waals surface area (Å²) in [6.45, 7) is 0. The topological polar surface area (TPSA) is 112 Å². The van der Waals surface area contributed by atoms with E-state index in [1.807, 2.05) is 17.5 Å². The van der Waals surface area contributed by atoms with Gasteiger partial charge in [-0.2, -0.15) is 5.10 Å². The second kappa shape index (κ2) is 8.76. The molecule has 2 aromatic carbocycles. The number of hydrogen-bond donors (Lipinski definition) is 1. The molecule has 4 rings (SSSR count). The van der Waals surface area contributed by atoms with E-state index >= 15 is 0 Å². The van der Waals surface area contributed by atoms with Gasteiger partial charge in [0, 0.05) is 23.1 Å². The van der Waals surface area contributed by atoms with Gasteiger partial charge in [0.25, 0.3) is 5.69 Å². The van der Waals surface area contributed by atoms with Crippen LogP contribution in [-0.4, -0.2) is 35.3 Å². The molecule has 31 heavy (non-hydrogen) atoms. The number of nitrogens with one attached hydrogen (secondary N) is 1. The van der Waals surface area contributed by atoms with Gasteiger partial charge in [0.2, 0.25) is 0 Å². The molecule has 0 aliphatic carbocycles. The minimum absolute atomic E-state index is 0.0393. The predicted molar refractivity (Wildman–Crippen MR) is 120 cm³/mol. The third-order valence-electron chi connectivity index (χ3n) is 4.55. The molecule has 0 atom stereocenters. The van der Waals surface area contributed by atoms with Crippen molar-refractivity contribution < 1.29 is 14.4 Å². The molecule has 0 spiro atoms. The number of ether oxygens (including phenoxy) is 2. The molecule has 0 saturated heterocycles. The van der Waals surface area contributed by atoms with Gasteiger partial charge in [-0.1, -0.05) is 0 Å². The van der Waals surface area contributed by atoms with Gasteiger partial charge in [-0.3, -0.25) is 15.5 Å². The Balaban J connectivity index is 1.63. The summed E-state index contributed by atoms with van der Waals surface area (Å²) in [5.41, 5.74) is 5.53. The third-order valence-corrected chi connectivity index (χ3v) is 5.44. The number of hydrogen-bond acceptors (Lipinski definition) is 9. The smallest absolute Gasteiger partial charge is 0.269 e. The van der Waals surface area contributed by atoms with Gasteiger partial charge < -0.3 is 9.47 Å². The lowest BCUT2D eigenvalue weighted by Crippen LogP contribution is -1.96. The highest BCUT2D eigenvalue weighted by molar-refractivity contribution is 7.17. The number of anilines is 1. The summed E-state index contributed by atoms with van der Waals surface area (Å²) < 4.78 is 10.5. The Morgan fingerprint density at radius 1 is 1.10 bits per heavy atom. The zero-order chi connectivity index (χ0) is 21.8. The van der Waals surface area contributed by atoms with Crippen LogP contribution in [0, 0.1) is 10.1 Å². The van der Waals surface area contributed by atoms with E-state index in [2.05, 4.69) is 20.5 Å². The van der Waals surface area contributed by atoms with Crippen LogP contribution in [0.1, 0.15) is 5.56 Å². The fraction of sp³-hybridized carbons (Fsp3) is 0.0952. The zero-order valence-electron chi connectivity index (χ0n) is 16.6. The van der Waals surface area contributed by atoms with Crippen molar-refractivity contribution in [3.05, 3.63) is 69.8 Å². The number of non-ortho nitro benzene ring substituents is 1. The molecule has 9 nitrogen and oxygen atoms in total. The van der Waals surface area contributed by atoms with Crippen molar-refractivity contribution in [1.29, 1.82) is 0 Å². The lowest BCUT2D eigenvalue weighted by Gasteiger charge is -2.07.